The van der Waals surface area contributed by atoms with Crippen LogP contribution in [0.4, 0.5) is 0 Å². The molecule has 0 radical (unpaired) electrons. The highest BCUT2D eigenvalue weighted by molar-refractivity contribution is 6.32. The third-order valence-corrected chi connectivity index (χ3v) is 2.79. The number of nitriles is 1. The summed E-state index contributed by atoms with van der Waals surface area (Å²) < 4.78 is 15.7. The lowest BCUT2D eigenvalue weighted by Gasteiger charge is -2.11. The zero-order valence-electron chi connectivity index (χ0n) is 10.1. The zero-order chi connectivity index (χ0) is 13.7. The molecule has 5 nitrogen and oxygen atoms in total. The van der Waals surface area contributed by atoms with Crippen molar-refractivity contribution in [2.45, 2.75) is 12.8 Å². The summed E-state index contributed by atoms with van der Waals surface area (Å²) in [6.45, 7) is 0.846. The van der Waals surface area contributed by atoms with Gasteiger partial charge in [-0.2, -0.15) is 5.26 Å². The van der Waals surface area contributed by atoms with Crippen molar-refractivity contribution in [1.82, 2.24) is 0 Å². The van der Waals surface area contributed by atoms with Gasteiger partial charge in [0, 0.05) is 6.42 Å². The second-order valence-electron chi connectivity index (χ2n) is 3.95. The average Bonchev–Trinajstić information content (AvgIpc) is 2.62. The number of esters is 1. The normalized spacial score (nSPS) is 13.3. The van der Waals surface area contributed by atoms with Gasteiger partial charge in [0.25, 0.3) is 0 Å². The van der Waals surface area contributed by atoms with Crippen LogP contribution in [0.2, 0.25) is 5.02 Å². The number of ether oxygens (including phenoxy) is 3. The maximum absolute atomic E-state index is 11.4. The molecule has 0 unspecified atom stereocenters. The summed E-state index contributed by atoms with van der Waals surface area (Å²) in [5, 5.41) is 8.73. The fraction of sp³-hybridized carbons (Fsp3) is 0.385. The molecule has 0 bridgehead atoms. The lowest BCUT2D eigenvalue weighted by atomic mass is 10.1. The first-order chi connectivity index (χ1) is 9.20. The van der Waals surface area contributed by atoms with E-state index in [4.69, 9.17) is 26.3 Å². The van der Waals surface area contributed by atoms with E-state index in [1.807, 2.05) is 0 Å². The predicted octanol–water partition coefficient (Wildman–Crippen LogP) is 2.11. The lowest BCUT2D eigenvalue weighted by Crippen LogP contribution is -2.08. The minimum atomic E-state index is -0.480. The SMILES string of the molecule is N#CCOC(=O)Cc1cc(Cl)c2c(c1)OCCCO2. The molecule has 0 N–H and O–H groups in total. The van der Waals surface area contributed by atoms with Crippen molar-refractivity contribution < 1.29 is 19.0 Å². The second kappa shape index (κ2) is 6.30. The molecule has 100 valence electrons. The third kappa shape index (κ3) is 3.52. The van der Waals surface area contributed by atoms with Crippen molar-refractivity contribution in [3.05, 3.63) is 22.7 Å². The van der Waals surface area contributed by atoms with Gasteiger partial charge in [-0.1, -0.05) is 11.6 Å². The Morgan fingerprint density at radius 3 is 3.00 bits per heavy atom. The van der Waals surface area contributed by atoms with Gasteiger partial charge in [-0.15, -0.1) is 0 Å². The molecular formula is C13H12ClNO4. The Morgan fingerprint density at radius 2 is 2.21 bits per heavy atom. The quantitative estimate of drug-likeness (QED) is 0.794. The summed E-state index contributed by atoms with van der Waals surface area (Å²) in [7, 11) is 0. The highest BCUT2D eigenvalue weighted by atomic mass is 35.5. The van der Waals surface area contributed by atoms with E-state index >= 15 is 0 Å². The topological polar surface area (TPSA) is 68.5 Å². The fourth-order valence-electron chi connectivity index (χ4n) is 1.72. The summed E-state index contributed by atoms with van der Waals surface area (Å²) in [4.78, 5) is 11.4. The molecule has 6 heteroatoms. The highest BCUT2D eigenvalue weighted by Crippen LogP contribution is 2.38. The van der Waals surface area contributed by atoms with Gasteiger partial charge in [0.15, 0.2) is 18.1 Å². The number of hydrogen-bond acceptors (Lipinski definition) is 5. The van der Waals surface area contributed by atoms with Crippen molar-refractivity contribution in [3.8, 4) is 17.6 Å². The van der Waals surface area contributed by atoms with Crippen LogP contribution in [-0.4, -0.2) is 25.8 Å². The van der Waals surface area contributed by atoms with Gasteiger partial charge in [-0.25, -0.2) is 0 Å². The van der Waals surface area contributed by atoms with Crippen LogP contribution >= 0.6 is 11.6 Å². The summed E-state index contributed by atoms with van der Waals surface area (Å²) >= 11 is 6.10. The van der Waals surface area contributed by atoms with Gasteiger partial charge < -0.3 is 14.2 Å². The number of carbonyl (C=O) groups is 1. The highest BCUT2D eigenvalue weighted by Gasteiger charge is 2.17. The predicted molar refractivity (Wildman–Crippen MR) is 67.3 cm³/mol. The average molecular weight is 282 g/mol. The molecule has 0 saturated carbocycles. The maximum atomic E-state index is 11.4. The number of carbonyl (C=O) groups excluding carboxylic acids is 1. The van der Waals surface area contributed by atoms with Crippen molar-refractivity contribution in [2.75, 3.05) is 19.8 Å². The van der Waals surface area contributed by atoms with E-state index in [0.29, 0.717) is 35.3 Å². The number of fused-ring (bicyclic) bond motifs is 1. The molecule has 0 atom stereocenters. The number of rotatable bonds is 3. The number of halogens is 1. The molecule has 0 fully saturated rings. The molecule has 1 aliphatic rings. The molecule has 1 aliphatic heterocycles. The van der Waals surface area contributed by atoms with E-state index in [-0.39, 0.29) is 13.0 Å². The Kier molecular flexibility index (Phi) is 4.48. The minimum absolute atomic E-state index is 0.0397. The first kappa shape index (κ1) is 13.5. The van der Waals surface area contributed by atoms with Gasteiger partial charge in [-0.05, 0) is 17.7 Å². The summed E-state index contributed by atoms with van der Waals surface area (Å²) in [5.74, 6) is 0.563. The van der Waals surface area contributed by atoms with Crippen LogP contribution in [0.1, 0.15) is 12.0 Å². The Morgan fingerprint density at radius 1 is 1.42 bits per heavy atom. The van der Waals surface area contributed by atoms with Gasteiger partial charge in [0.2, 0.25) is 0 Å². The van der Waals surface area contributed by atoms with Crippen LogP contribution in [0, 0.1) is 11.3 Å². The van der Waals surface area contributed by atoms with Crippen LogP contribution in [0.3, 0.4) is 0 Å². The number of nitrogens with zero attached hydrogens (tertiary/aromatic N) is 1. The van der Waals surface area contributed by atoms with Crippen molar-refractivity contribution in [1.29, 1.82) is 5.26 Å². The third-order valence-electron chi connectivity index (χ3n) is 2.51. The first-order valence-electron chi connectivity index (χ1n) is 5.81. The van der Waals surface area contributed by atoms with E-state index in [1.54, 1.807) is 18.2 Å². The first-order valence-corrected chi connectivity index (χ1v) is 6.19. The smallest absolute Gasteiger partial charge is 0.311 e. The summed E-state index contributed by atoms with van der Waals surface area (Å²) in [6.07, 6.45) is 0.822. The Balaban J connectivity index is 2.15. The Hall–Kier alpha value is -1.93. The molecular weight excluding hydrogens is 270 g/mol. The van der Waals surface area contributed by atoms with Crippen LogP contribution in [0.15, 0.2) is 12.1 Å². The van der Waals surface area contributed by atoms with E-state index in [1.165, 1.54) is 0 Å². The van der Waals surface area contributed by atoms with Gasteiger partial charge >= 0.3 is 5.97 Å². The van der Waals surface area contributed by atoms with Gasteiger partial charge in [0.05, 0.1) is 24.7 Å². The molecule has 1 aromatic carbocycles. The molecule has 1 aromatic rings. The fourth-order valence-corrected chi connectivity index (χ4v) is 2.00. The molecule has 0 saturated heterocycles. The molecule has 0 amide bonds. The Bertz CT molecular complexity index is 524. The second-order valence-corrected chi connectivity index (χ2v) is 4.36. The monoisotopic (exact) mass is 281 g/mol. The van der Waals surface area contributed by atoms with E-state index in [0.717, 1.165) is 6.42 Å². The van der Waals surface area contributed by atoms with Crippen molar-refractivity contribution >= 4 is 17.6 Å². The van der Waals surface area contributed by atoms with Crippen LogP contribution in [0.5, 0.6) is 11.5 Å². The standard InChI is InChI=1S/C13H12ClNO4/c14-10-6-9(8-12(16)18-5-2-15)7-11-13(10)19-4-1-3-17-11/h6-7H,1,3-5,8H2. The van der Waals surface area contributed by atoms with E-state index in [2.05, 4.69) is 4.74 Å². The molecule has 0 spiro atoms. The van der Waals surface area contributed by atoms with E-state index < -0.39 is 5.97 Å². The Labute approximate surface area is 115 Å². The summed E-state index contributed by atoms with van der Waals surface area (Å²) in [6, 6.07) is 5.09. The largest absolute Gasteiger partial charge is 0.489 e. The van der Waals surface area contributed by atoms with Gasteiger partial charge in [0.1, 0.15) is 6.07 Å². The number of hydrogen-bond donors (Lipinski definition) is 0. The lowest BCUT2D eigenvalue weighted by molar-refractivity contribution is -0.141. The summed E-state index contributed by atoms with van der Waals surface area (Å²) in [5.41, 5.74) is 0.664. The maximum Gasteiger partial charge on any atom is 0.311 e. The van der Waals surface area contributed by atoms with E-state index in [9.17, 15) is 4.79 Å². The van der Waals surface area contributed by atoms with Crippen LogP contribution in [-0.2, 0) is 16.0 Å². The molecule has 0 aliphatic carbocycles. The van der Waals surface area contributed by atoms with Crippen molar-refractivity contribution in [2.24, 2.45) is 0 Å². The number of benzene rings is 1. The molecule has 2 rings (SSSR count). The van der Waals surface area contributed by atoms with Crippen LogP contribution < -0.4 is 9.47 Å². The molecule has 1 heterocycles. The zero-order valence-corrected chi connectivity index (χ0v) is 10.9. The minimum Gasteiger partial charge on any atom is -0.489 e. The molecule has 0 aromatic heterocycles. The molecule has 19 heavy (non-hydrogen) atoms. The van der Waals surface area contributed by atoms with Crippen molar-refractivity contribution in [3.63, 3.8) is 0 Å². The van der Waals surface area contributed by atoms with Crippen LogP contribution in [0.25, 0.3) is 0 Å². The van der Waals surface area contributed by atoms with Gasteiger partial charge in [-0.3, -0.25) is 4.79 Å².